The molecular weight excluding hydrogens is 252 g/mol. The van der Waals surface area contributed by atoms with E-state index in [0.29, 0.717) is 0 Å². The van der Waals surface area contributed by atoms with Crippen LogP contribution in [0.2, 0.25) is 0 Å². The summed E-state index contributed by atoms with van der Waals surface area (Å²) in [5, 5.41) is 2.86. The normalized spacial score (nSPS) is 15.5. The molecule has 1 atom stereocenters. The van der Waals surface area contributed by atoms with Crippen LogP contribution in [0.15, 0.2) is 42.6 Å². The van der Waals surface area contributed by atoms with Crippen molar-refractivity contribution in [3.63, 3.8) is 0 Å². The van der Waals surface area contributed by atoms with Crippen molar-refractivity contribution in [1.82, 2.24) is 4.98 Å². The number of rotatable bonds is 2. The van der Waals surface area contributed by atoms with Crippen molar-refractivity contribution in [1.29, 1.82) is 0 Å². The van der Waals surface area contributed by atoms with Crippen molar-refractivity contribution in [2.24, 2.45) is 5.73 Å². The molecule has 1 amide bonds. The summed E-state index contributed by atoms with van der Waals surface area (Å²) in [7, 11) is 0. The maximum absolute atomic E-state index is 11.8. The van der Waals surface area contributed by atoms with E-state index < -0.39 is 0 Å². The van der Waals surface area contributed by atoms with Gasteiger partial charge >= 0.3 is 0 Å². The fourth-order valence-corrected chi connectivity index (χ4v) is 2.26. The van der Waals surface area contributed by atoms with Crippen LogP contribution in [0.5, 0.6) is 0 Å². The molecular formula is C15H16N4O. The standard InChI is InChI=1S/C15H16N4O/c1-10(16)11-6-7-14(17-8-11)19-9-15(20)18-12-4-2-3-5-13(12)19/h2-8,10H,9,16H2,1H3,(H,18,20)/t10-/m0/s1. The largest absolute Gasteiger partial charge is 0.324 e. The lowest BCUT2D eigenvalue weighted by Crippen LogP contribution is -2.35. The van der Waals surface area contributed by atoms with Gasteiger partial charge in [0.15, 0.2) is 0 Å². The molecule has 20 heavy (non-hydrogen) atoms. The molecule has 102 valence electrons. The Labute approximate surface area is 117 Å². The average Bonchev–Trinajstić information content (AvgIpc) is 2.46. The van der Waals surface area contributed by atoms with Gasteiger partial charge in [-0.25, -0.2) is 4.98 Å². The second-order valence-electron chi connectivity index (χ2n) is 4.89. The Bertz CT molecular complexity index is 637. The molecule has 3 rings (SSSR count). The van der Waals surface area contributed by atoms with Gasteiger partial charge in [-0.1, -0.05) is 18.2 Å². The minimum absolute atomic E-state index is 0.0400. The molecule has 0 saturated heterocycles. The predicted octanol–water partition coefficient (Wildman–Crippen LogP) is 2.19. The van der Waals surface area contributed by atoms with Gasteiger partial charge in [-0.15, -0.1) is 0 Å². The third kappa shape index (κ3) is 2.23. The molecule has 0 radical (unpaired) electrons. The highest BCUT2D eigenvalue weighted by molar-refractivity contribution is 6.02. The highest BCUT2D eigenvalue weighted by Crippen LogP contribution is 2.33. The van der Waals surface area contributed by atoms with Crippen LogP contribution in [-0.2, 0) is 4.79 Å². The van der Waals surface area contributed by atoms with E-state index in [1.807, 2.05) is 48.2 Å². The van der Waals surface area contributed by atoms with E-state index in [0.717, 1.165) is 22.8 Å². The van der Waals surface area contributed by atoms with Gasteiger partial charge in [-0.05, 0) is 30.7 Å². The second-order valence-corrected chi connectivity index (χ2v) is 4.89. The van der Waals surface area contributed by atoms with Crippen LogP contribution < -0.4 is 16.0 Å². The minimum Gasteiger partial charge on any atom is -0.324 e. The molecule has 0 saturated carbocycles. The van der Waals surface area contributed by atoms with Crippen LogP contribution in [-0.4, -0.2) is 17.4 Å². The minimum atomic E-state index is -0.0477. The molecule has 0 fully saturated rings. The lowest BCUT2D eigenvalue weighted by atomic mass is 10.1. The molecule has 0 bridgehead atoms. The fraction of sp³-hybridized carbons (Fsp3) is 0.200. The maximum Gasteiger partial charge on any atom is 0.244 e. The SMILES string of the molecule is C[C@H](N)c1ccc(N2CC(=O)Nc3ccccc32)nc1. The number of carbonyl (C=O) groups is 1. The maximum atomic E-state index is 11.8. The summed E-state index contributed by atoms with van der Waals surface area (Å²) in [5.74, 6) is 0.707. The number of nitrogens with two attached hydrogens (primary N) is 1. The van der Waals surface area contributed by atoms with Crippen molar-refractivity contribution >= 4 is 23.1 Å². The first-order valence-corrected chi connectivity index (χ1v) is 6.53. The van der Waals surface area contributed by atoms with E-state index >= 15 is 0 Å². The molecule has 2 aromatic rings. The van der Waals surface area contributed by atoms with Gasteiger partial charge in [0.25, 0.3) is 0 Å². The zero-order valence-electron chi connectivity index (χ0n) is 11.2. The molecule has 0 spiro atoms. The monoisotopic (exact) mass is 268 g/mol. The van der Waals surface area contributed by atoms with E-state index in [9.17, 15) is 4.79 Å². The molecule has 1 aliphatic heterocycles. The van der Waals surface area contributed by atoms with Gasteiger partial charge in [-0.3, -0.25) is 4.79 Å². The van der Waals surface area contributed by atoms with Gasteiger partial charge in [0.05, 0.1) is 11.4 Å². The molecule has 5 nitrogen and oxygen atoms in total. The van der Waals surface area contributed by atoms with Gasteiger partial charge < -0.3 is 16.0 Å². The first kappa shape index (κ1) is 12.6. The second kappa shape index (κ2) is 4.94. The Kier molecular flexibility index (Phi) is 3.12. The number of aromatic nitrogens is 1. The highest BCUT2D eigenvalue weighted by Gasteiger charge is 2.23. The van der Waals surface area contributed by atoms with Crippen LogP contribution in [0.3, 0.4) is 0 Å². The zero-order chi connectivity index (χ0) is 14.1. The Hall–Kier alpha value is -2.40. The van der Waals surface area contributed by atoms with Crippen molar-refractivity contribution < 1.29 is 4.79 Å². The molecule has 1 aromatic carbocycles. The molecule has 1 aliphatic rings. The number of anilines is 3. The van der Waals surface area contributed by atoms with Crippen LogP contribution in [0.4, 0.5) is 17.2 Å². The number of pyridine rings is 1. The van der Waals surface area contributed by atoms with Crippen molar-refractivity contribution in [3.05, 3.63) is 48.2 Å². The summed E-state index contributed by atoms with van der Waals surface area (Å²) in [5.41, 5.74) is 8.56. The average molecular weight is 268 g/mol. The van der Waals surface area contributed by atoms with Gasteiger partial charge in [0.2, 0.25) is 5.91 Å². The van der Waals surface area contributed by atoms with E-state index in [-0.39, 0.29) is 18.5 Å². The summed E-state index contributed by atoms with van der Waals surface area (Å²) in [6.07, 6.45) is 1.76. The highest BCUT2D eigenvalue weighted by atomic mass is 16.2. The fourth-order valence-electron chi connectivity index (χ4n) is 2.26. The summed E-state index contributed by atoms with van der Waals surface area (Å²) in [6.45, 7) is 2.18. The number of benzene rings is 1. The predicted molar refractivity (Wildman–Crippen MR) is 78.9 cm³/mol. The van der Waals surface area contributed by atoms with Gasteiger partial charge in [0.1, 0.15) is 12.4 Å². The van der Waals surface area contributed by atoms with Crippen LogP contribution in [0.1, 0.15) is 18.5 Å². The zero-order valence-corrected chi connectivity index (χ0v) is 11.2. The summed E-state index contributed by atoms with van der Waals surface area (Å²) in [6, 6.07) is 11.5. The number of nitrogens with one attached hydrogen (secondary N) is 1. The third-order valence-corrected chi connectivity index (χ3v) is 3.34. The van der Waals surface area contributed by atoms with E-state index in [2.05, 4.69) is 10.3 Å². The number of amides is 1. The Morgan fingerprint density at radius 2 is 2.10 bits per heavy atom. The summed E-state index contributed by atoms with van der Waals surface area (Å²) in [4.78, 5) is 18.1. The van der Waals surface area contributed by atoms with E-state index in [1.165, 1.54) is 0 Å². The molecule has 2 heterocycles. The van der Waals surface area contributed by atoms with Crippen LogP contribution in [0, 0.1) is 0 Å². The van der Waals surface area contributed by atoms with Gasteiger partial charge in [0, 0.05) is 12.2 Å². The Morgan fingerprint density at radius 3 is 2.80 bits per heavy atom. The summed E-state index contributed by atoms with van der Waals surface area (Å²) < 4.78 is 0. The molecule has 0 aliphatic carbocycles. The first-order valence-electron chi connectivity index (χ1n) is 6.53. The van der Waals surface area contributed by atoms with E-state index in [1.54, 1.807) is 6.20 Å². The molecule has 3 N–H and O–H groups in total. The molecule has 5 heteroatoms. The number of nitrogens with zero attached hydrogens (tertiary/aromatic N) is 2. The first-order chi connectivity index (χ1) is 9.65. The Balaban J connectivity index is 1.99. The summed E-state index contributed by atoms with van der Waals surface area (Å²) >= 11 is 0. The number of hydrogen-bond donors (Lipinski definition) is 2. The van der Waals surface area contributed by atoms with Crippen molar-refractivity contribution in [2.45, 2.75) is 13.0 Å². The van der Waals surface area contributed by atoms with Crippen molar-refractivity contribution in [2.75, 3.05) is 16.8 Å². The lowest BCUT2D eigenvalue weighted by Gasteiger charge is -2.30. The molecule has 0 unspecified atom stereocenters. The molecule has 1 aromatic heterocycles. The van der Waals surface area contributed by atoms with Gasteiger partial charge in [-0.2, -0.15) is 0 Å². The number of fused-ring (bicyclic) bond motifs is 1. The smallest absolute Gasteiger partial charge is 0.244 e. The lowest BCUT2D eigenvalue weighted by molar-refractivity contribution is -0.115. The van der Waals surface area contributed by atoms with Crippen LogP contribution >= 0.6 is 0 Å². The number of para-hydroxylation sites is 2. The number of hydrogen-bond acceptors (Lipinski definition) is 4. The topological polar surface area (TPSA) is 71.2 Å². The third-order valence-electron chi connectivity index (χ3n) is 3.34. The number of carbonyl (C=O) groups excluding carboxylic acids is 1. The quantitative estimate of drug-likeness (QED) is 0.875. The van der Waals surface area contributed by atoms with Crippen LogP contribution in [0.25, 0.3) is 0 Å². The van der Waals surface area contributed by atoms with E-state index in [4.69, 9.17) is 5.73 Å². The Morgan fingerprint density at radius 1 is 1.30 bits per heavy atom. The van der Waals surface area contributed by atoms with Crippen molar-refractivity contribution in [3.8, 4) is 0 Å².